The molecule has 4 nitrogen and oxygen atoms in total. The van der Waals surface area contributed by atoms with Crippen LogP contribution in [0.25, 0.3) is 77.9 Å². The highest BCUT2D eigenvalue weighted by Gasteiger charge is 2.48. The number of anilines is 6. The second-order valence-corrected chi connectivity index (χ2v) is 23.2. The van der Waals surface area contributed by atoms with Crippen molar-refractivity contribution in [2.45, 2.75) is 5.41 Å². The Balaban J connectivity index is 1.07. The van der Waals surface area contributed by atoms with Crippen LogP contribution in [0.5, 0.6) is 11.5 Å². The first-order chi connectivity index (χ1) is 45.0. The van der Waals surface area contributed by atoms with Crippen LogP contribution in [0, 0.1) is 0 Å². The molecular formula is C87H64N2O2. The normalized spacial score (nSPS) is 11.9. The molecule has 15 rings (SSSR count). The average molecular weight is 1170 g/mol. The fraction of sp³-hybridized carbons (Fsp3) is 0.0345. The lowest BCUT2D eigenvalue weighted by atomic mass is 9.66. The smallest absolute Gasteiger partial charge is 0.119 e. The van der Waals surface area contributed by atoms with Gasteiger partial charge < -0.3 is 19.3 Å². The molecule has 0 spiro atoms. The molecule has 0 aliphatic heterocycles. The van der Waals surface area contributed by atoms with Crippen molar-refractivity contribution in [3.05, 3.63) is 374 Å². The zero-order chi connectivity index (χ0) is 61.1. The molecule has 0 saturated heterocycles. The van der Waals surface area contributed by atoms with E-state index < -0.39 is 5.41 Å². The molecule has 0 radical (unpaired) electrons. The van der Waals surface area contributed by atoms with E-state index in [1.54, 1.807) is 14.2 Å². The summed E-state index contributed by atoms with van der Waals surface area (Å²) in [4.78, 5) is 4.87. The van der Waals surface area contributed by atoms with E-state index >= 15 is 0 Å². The van der Waals surface area contributed by atoms with Crippen LogP contribution in [0.2, 0.25) is 0 Å². The van der Waals surface area contributed by atoms with Gasteiger partial charge in [-0.2, -0.15) is 0 Å². The molecule has 4 heteroatoms. The minimum absolute atomic E-state index is 0.763. The minimum atomic E-state index is -1.02. The molecule has 1 aliphatic rings. The highest BCUT2D eigenvalue weighted by Crippen LogP contribution is 2.60. The molecule has 0 heterocycles. The summed E-state index contributed by atoms with van der Waals surface area (Å²) in [5.74, 6) is 1.53. The number of benzene rings is 14. The zero-order valence-electron chi connectivity index (χ0n) is 50.7. The lowest BCUT2D eigenvalue weighted by Gasteiger charge is -2.37. The first-order valence-corrected chi connectivity index (χ1v) is 31.0. The first-order valence-electron chi connectivity index (χ1n) is 31.0. The van der Waals surface area contributed by atoms with Crippen molar-refractivity contribution < 1.29 is 9.47 Å². The van der Waals surface area contributed by atoms with Crippen LogP contribution in [0.3, 0.4) is 0 Å². The number of hydrogen-bond donors (Lipinski definition) is 0. The van der Waals surface area contributed by atoms with Crippen molar-refractivity contribution in [3.63, 3.8) is 0 Å². The summed E-state index contributed by atoms with van der Waals surface area (Å²) in [5.41, 5.74) is 25.1. The summed E-state index contributed by atoms with van der Waals surface area (Å²) in [6.07, 6.45) is 0. The van der Waals surface area contributed by atoms with Gasteiger partial charge in [0.25, 0.3) is 0 Å². The highest BCUT2D eigenvalue weighted by molar-refractivity contribution is 5.93. The van der Waals surface area contributed by atoms with Gasteiger partial charge in [0.15, 0.2) is 0 Å². The van der Waals surface area contributed by atoms with E-state index in [4.69, 9.17) is 9.47 Å². The second-order valence-electron chi connectivity index (χ2n) is 23.2. The molecule has 1 aliphatic carbocycles. The van der Waals surface area contributed by atoms with Gasteiger partial charge in [0.05, 0.1) is 19.6 Å². The Morgan fingerprint density at radius 1 is 0.209 bits per heavy atom. The summed E-state index contributed by atoms with van der Waals surface area (Å²) in [7, 11) is 3.54. The number of methoxy groups -OCH3 is 2. The third kappa shape index (κ3) is 10.7. The van der Waals surface area contributed by atoms with E-state index in [0.29, 0.717) is 0 Å². The van der Waals surface area contributed by atoms with Crippen molar-refractivity contribution in [3.8, 4) is 89.4 Å². The van der Waals surface area contributed by atoms with Crippen LogP contribution in [-0.4, -0.2) is 14.2 Å². The molecule has 0 bridgehead atoms. The number of fused-ring (bicyclic) bond motifs is 3. The summed E-state index contributed by atoms with van der Waals surface area (Å²) >= 11 is 0. The molecule has 0 aromatic heterocycles. The van der Waals surface area contributed by atoms with Gasteiger partial charge in [0.1, 0.15) is 11.5 Å². The topological polar surface area (TPSA) is 24.9 Å². The van der Waals surface area contributed by atoms with Crippen molar-refractivity contribution in [1.82, 2.24) is 0 Å². The molecule has 14 aromatic carbocycles. The lowest BCUT2D eigenvalue weighted by Crippen LogP contribution is -2.30. The number of rotatable bonds is 16. The Labute approximate surface area is 533 Å². The summed E-state index contributed by atoms with van der Waals surface area (Å²) < 4.78 is 12.6. The lowest BCUT2D eigenvalue weighted by molar-refractivity contribution is 0.413. The standard InChI is InChI=1S/C87H64N2O2/c1-90-81-49-51-83-84-52-50-82(91-2)60-86(84)87(85(83)59-81,73-54-71(65-29-17-7-18-30-65)53-72(55-73)66-31-19-8-20-32-66)74-56-79(88(75-41-33-67(34-42-75)61-21-9-3-10-22-61)76-43-35-68(36-44-76)62-23-11-4-12-24-62)58-80(57-74)89(77-45-37-69(38-46-77)63-25-13-5-14-26-63)78-47-39-70(40-48-78)64-27-15-6-16-28-64/h3-60H,1-2H3. The quantitative estimate of drug-likeness (QED) is 0.0963. The van der Waals surface area contributed by atoms with Crippen LogP contribution in [0.4, 0.5) is 34.1 Å². The van der Waals surface area contributed by atoms with Gasteiger partial charge >= 0.3 is 0 Å². The molecule has 0 fully saturated rings. The Hall–Kier alpha value is -11.7. The van der Waals surface area contributed by atoms with Gasteiger partial charge in [-0.3, -0.25) is 0 Å². The van der Waals surface area contributed by atoms with Gasteiger partial charge in [-0.05, 0) is 209 Å². The van der Waals surface area contributed by atoms with Crippen LogP contribution < -0.4 is 19.3 Å². The minimum Gasteiger partial charge on any atom is -0.497 e. The first kappa shape index (κ1) is 55.8. The Morgan fingerprint density at radius 2 is 0.462 bits per heavy atom. The zero-order valence-corrected chi connectivity index (χ0v) is 50.7. The molecule has 91 heavy (non-hydrogen) atoms. The molecular weight excluding hydrogens is 1100 g/mol. The number of nitrogens with zero attached hydrogens (tertiary/aromatic N) is 2. The van der Waals surface area contributed by atoms with E-state index in [-0.39, 0.29) is 0 Å². The van der Waals surface area contributed by atoms with E-state index in [1.807, 2.05) is 0 Å². The van der Waals surface area contributed by atoms with Crippen LogP contribution in [-0.2, 0) is 5.41 Å². The maximum Gasteiger partial charge on any atom is 0.119 e. The van der Waals surface area contributed by atoms with Crippen LogP contribution >= 0.6 is 0 Å². The second kappa shape index (κ2) is 24.4. The van der Waals surface area contributed by atoms with Crippen molar-refractivity contribution in [1.29, 1.82) is 0 Å². The van der Waals surface area contributed by atoms with Gasteiger partial charge in [-0.25, -0.2) is 0 Å². The molecule has 0 atom stereocenters. The van der Waals surface area contributed by atoms with Gasteiger partial charge in [0, 0.05) is 34.1 Å². The summed E-state index contributed by atoms with van der Waals surface area (Å²) in [5, 5.41) is 0. The van der Waals surface area contributed by atoms with Gasteiger partial charge in [-0.1, -0.05) is 243 Å². The molecule has 0 N–H and O–H groups in total. The van der Waals surface area contributed by atoms with Gasteiger partial charge in [0.2, 0.25) is 0 Å². The third-order valence-electron chi connectivity index (χ3n) is 17.9. The SMILES string of the molecule is COc1ccc2c(c1)C(c1cc(-c3ccccc3)cc(-c3ccccc3)c1)(c1cc(N(c3ccc(-c4ccccc4)cc3)c3ccc(-c4ccccc4)cc3)cc(N(c3ccc(-c4ccccc4)cc3)c3ccc(-c4ccccc4)cc3)c1)c1cc(OC)ccc1-2. The van der Waals surface area contributed by atoms with E-state index in [1.165, 1.54) is 0 Å². The van der Waals surface area contributed by atoms with E-state index in [2.05, 4.69) is 362 Å². The average Bonchev–Trinajstić information content (AvgIpc) is 1.56. The fourth-order valence-electron chi connectivity index (χ4n) is 13.5. The molecule has 14 aromatic rings. The highest BCUT2D eigenvalue weighted by atomic mass is 16.5. The maximum atomic E-state index is 6.31. The third-order valence-corrected chi connectivity index (χ3v) is 17.9. The van der Waals surface area contributed by atoms with E-state index in [9.17, 15) is 0 Å². The molecule has 0 amide bonds. The predicted molar refractivity (Wildman–Crippen MR) is 379 cm³/mol. The fourth-order valence-corrected chi connectivity index (χ4v) is 13.5. The largest absolute Gasteiger partial charge is 0.497 e. The number of ether oxygens (including phenoxy) is 2. The van der Waals surface area contributed by atoms with Crippen LogP contribution in [0.1, 0.15) is 22.3 Å². The molecule has 0 saturated carbocycles. The maximum absolute atomic E-state index is 6.31. The summed E-state index contributed by atoms with van der Waals surface area (Å²) in [6, 6.07) is 128. The Kier molecular flexibility index (Phi) is 15.0. The van der Waals surface area contributed by atoms with Crippen LogP contribution in [0.15, 0.2) is 352 Å². The Morgan fingerprint density at radius 3 is 0.736 bits per heavy atom. The molecule has 434 valence electrons. The number of hydrogen-bond acceptors (Lipinski definition) is 4. The summed E-state index contributed by atoms with van der Waals surface area (Å²) in [6.45, 7) is 0. The van der Waals surface area contributed by atoms with Crippen molar-refractivity contribution in [2.75, 3.05) is 24.0 Å². The Bertz CT molecular complexity index is 4360. The molecule has 0 unspecified atom stereocenters. The predicted octanol–water partition coefficient (Wildman–Crippen LogP) is 23.0. The van der Waals surface area contributed by atoms with Crippen molar-refractivity contribution >= 4 is 34.1 Å². The van der Waals surface area contributed by atoms with E-state index in [0.717, 1.165) is 146 Å². The van der Waals surface area contributed by atoms with Gasteiger partial charge in [-0.15, -0.1) is 0 Å². The monoisotopic (exact) mass is 1170 g/mol. The van der Waals surface area contributed by atoms with Crippen molar-refractivity contribution in [2.24, 2.45) is 0 Å².